The molecular formula is C29H29Cl2N3O5. The summed E-state index contributed by atoms with van der Waals surface area (Å²) in [5, 5.41) is 0.973. The highest BCUT2D eigenvalue weighted by Crippen LogP contribution is 2.38. The number of likely N-dealkylation sites (tertiary alicyclic amines) is 1. The number of carbonyl (C=O) groups excluding carboxylic acids is 4. The summed E-state index contributed by atoms with van der Waals surface area (Å²) in [6.07, 6.45) is 4.31. The molecule has 1 saturated heterocycles. The maximum Gasteiger partial charge on any atom is 0.410 e. The maximum atomic E-state index is 12.9. The first-order valence-corrected chi connectivity index (χ1v) is 13.7. The Morgan fingerprint density at radius 2 is 1.72 bits per heavy atom. The van der Waals surface area contributed by atoms with Gasteiger partial charge in [-0.1, -0.05) is 41.4 Å². The van der Waals surface area contributed by atoms with Crippen molar-refractivity contribution in [3.05, 3.63) is 74.8 Å². The molecule has 1 unspecified atom stereocenters. The van der Waals surface area contributed by atoms with Crippen molar-refractivity contribution in [2.45, 2.75) is 44.8 Å². The van der Waals surface area contributed by atoms with Crippen molar-refractivity contribution in [2.75, 3.05) is 26.7 Å². The Bertz CT molecular complexity index is 1340. The fraction of sp³-hybridized carbons (Fsp3) is 0.379. The molecule has 0 aromatic heterocycles. The van der Waals surface area contributed by atoms with E-state index in [1.807, 2.05) is 6.08 Å². The molecule has 2 heterocycles. The Labute approximate surface area is 237 Å². The summed E-state index contributed by atoms with van der Waals surface area (Å²) in [5.41, 5.74) is 5.22. The minimum Gasteiger partial charge on any atom is -0.445 e. The van der Waals surface area contributed by atoms with E-state index in [0.717, 1.165) is 40.0 Å². The van der Waals surface area contributed by atoms with Crippen LogP contribution in [0.3, 0.4) is 0 Å². The molecule has 39 heavy (non-hydrogen) atoms. The van der Waals surface area contributed by atoms with Crippen molar-refractivity contribution < 1.29 is 23.9 Å². The number of amides is 4. The summed E-state index contributed by atoms with van der Waals surface area (Å²) in [7, 11) is 1.75. The highest BCUT2D eigenvalue weighted by molar-refractivity contribution is 6.34. The van der Waals surface area contributed by atoms with Crippen LogP contribution in [0.25, 0.3) is 5.57 Å². The van der Waals surface area contributed by atoms with Crippen LogP contribution in [0.2, 0.25) is 10.0 Å². The van der Waals surface area contributed by atoms with E-state index in [1.54, 1.807) is 35.0 Å². The van der Waals surface area contributed by atoms with Crippen molar-refractivity contribution >= 4 is 52.6 Å². The highest BCUT2D eigenvalue weighted by atomic mass is 35.5. The summed E-state index contributed by atoms with van der Waals surface area (Å²) in [6, 6.07) is 11.3. The largest absolute Gasteiger partial charge is 0.445 e. The molecule has 3 aliphatic rings. The third-order valence-electron chi connectivity index (χ3n) is 7.61. The molecule has 1 atom stereocenters. The number of benzene rings is 2. The smallest absolute Gasteiger partial charge is 0.410 e. The van der Waals surface area contributed by atoms with Crippen LogP contribution in [0.4, 0.5) is 4.79 Å². The fourth-order valence-electron chi connectivity index (χ4n) is 5.44. The first-order chi connectivity index (χ1) is 18.7. The molecule has 5 rings (SSSR count). The standard InChI is InChI=1S/C29H29Cl2N3O5/c1-32(29(38)39-17-18-12-22(30)15-23(31)13-18)25-5-4-20-2-3-21(14-24(20)25)19-8-10-33(11-9-19)28(37)16-34-26(35)6-7-27(34)36/h2-3,8,12-15,25H,4-7,9-11,16-17H2,1H3. The van der Waals surface area contributed by atoms with Gasteiger partial charge in [0, 0.05) is 43.0 Å². The van der Waals surface area contributed by atoms with Crippen molar-refractivity contribution in [1.29, 1.82) is 0 Å². The highest BCUT2D eigenvalue weighted by Gasteiger charge is 2.33. The predicted octanol–water partition coefficient (Wildman–Crippen LogP) is 5.01. The first-order valence-electron chi connectivity index (χ1n) is 13.0. The van der Waals surface area contributed by atoms with Gasteiger partial charge < -0.3 is 14.5 Å². The zero-order valence-corrected chi connectivity index (χ0v) is 23.1. The Morgan fingerprint density at radius 3 is 2.38 bits per heavy atom. The predicted molar refractivity (Wildman–Crippen MR) is 147 cm³/mol. The van der Waals surface area contributed by atoms with Gasteiger partial charge in [-0.3, -0.25) is 19.3 Å². The number of ether oxygens (including phenoxy) is 1. The van der Waals surface area contributed by atoms with E-state index in [4.69, 9.17) is 27.9 Å². The van der Waals surface area contributed by atoms with Crippen LogP contribution >= 0.6 is 23.2 Å². The molecule has 4 amide bonds. The molecule has 2 aromatic rings. The van der Waals surface area contributed by atoms with Crippen molar-refractivity contribution in [1.82, 2.24) is 14.7 Å². The summed E-state index contributed by atoms with van der Waals surface area (Å²) >= 11 is 12.1. The van der Waals surface area contributed by atoms with Crippen LogP contribution in [0.5, 0.6) is 0 Å². The average Bonchev–Trinajstić information content (AvgIpc) is 3.48. The van der Waals surface area contributed by atoms with Crippen molar-refractivity contribution in [3.8, 4) is 0 Å². The van der Waals surface area contributed by atoms with E-state index >= 15 is 0 Å². The second-order valence-corrected chi connectivity index (χ2v) is 11.0. The molecule has 0 spiro atoms. The number of nitrogens with zero attached hydrogens (tertiary/aromatic N) is 3. The molecule has 2 aromatic carbocycles. The summed E-state index contributed by atoms with van der Waals surface area (Å²) in [6.45, 7) is 0.825. The van der Waals surface area contributed by atoms with E-state index in [1.165, 1.54) is 5.56 Å². The molecule has 0 saturated carbocycles. The number of hydrogen-bond donors (Lipinski definition) is 0. The quantitative estimate of drug-likeness (QED) is 0.456. The SMILES string of the molecule is CN(C(=O)OCc1cc(Cl)cc(Cl)c1)C1CCc2ccc(C3=CCN(C(=O)CN4C(=O)CCC4=O)CC3)cc21. The molecule has 2 aliphatic heterocycles. The lowest BCUT2D eigenvalue weighted by atomic mass is 9.95. The van der Waals surface area contributed by atoms with Crippen LogP contribution in [-0.4, -0.2) is 65.2 Å². The summed E-state index contributed by atoms with van der Waals surface area (Å²) in [4.78, 5) is 53.7. The van der Waals surface area contributed by atoms with Gasteiger partial charge in [0.05, 0.1) is 6.04 Å². The van der Waals surface area contributed by atoms with Crippen LogP contribution in [0.1, 0.15) is 54.0 Å². The lowest BCUT2D eigenvalue weighted by Crippen LogP contribution is -2.43. The van der Waals surface area contributed by atoms with Gasteiger partial charge in [0.1, 0.15) is 13.2 Å². The number of carbonyl (C=O) groups is 4. The maximum absolute atomic E-state index is 12.9. The molecule has 8 nitrogen and oxygen atoms in total. The van der Waals surface area contributed by atoms with E-state index in [9.17, 15) is 19.2 Å². The topological polar surface area (TPSA) is 87.2 Å². The minimum atomic E-state index is -0.421. The Morgan fingerprint density at radius 1 is 1.00 bits per heavy atom. The van der Waals surface area contributed by atoms with E-state index in [2.05, 4.69) is 18.2 Å². The molecule has 0 N–H and O–H groups in total. The number of fused-ring (bicyclic) bond motifs is 1. The molecule has 204 valence electrons. The van der Waals surface area contributed by atoms with Gasteiger partial charge >= 0.3 is 6.09 Å². The zero-order valence-electron chi connectivity index (χ0n) is 21.6. The van der Waals surface area contributed by atoms with Crippen molar-refractivity contribution in [2.24, 2.45) is 0 Å². The molecular weight excluding hydrogens is 541 g/mol. The van der Waals surface area contributed by atoms with Crippen LogP contribution < -0.4 is 0 Å². The third kappa shape index (κ3) is 5.97. The van der Waals surface area contributed by atoms with E-state index < -0.39 is 6.09 Å². The van der Waals surface area contributed by atoms with Crippen LogP contribution in [-0.2, 0) is 32.1 Å². The third-order valence-corrected chi connectivity index (χ3v) is 8.05. The van der Waals surface area contributed by atoms with Gasteiger partial charge in [-0.2, -0.15) is 0 Å². The number of imide groups is 1. The molecule has 10 heteroatoms. The van der Waals surface area contributed by atoms with Gasteiger partial charge in [0.25, 0.3) is 0 Å². The van der Waals surface area contributed by atoms with Gasteiger partial charge in [-0.15, -0.1) is 0 Å². The molecule has 1 aliphatic carbocycles. The van der Waals surface area contributed by atoms with Crippen LogP contribution in [0.15, 0.2) is 42.5 Å². The number of aryl methyl sites for hydroxylation is 1. The number of hydrogen-bond acceptors (Lipinski definition) is 5. The zero-order chi connectivity index (χ0) is 27.7. The minimum absolute atomic E-state index is 0.0747. The average molecular weight is 570 g/mol. The van der Waals surface area contributed by atoms with E-state index in [0.29, 0.717) is 29.6 Å². The summed E-state index contributed by atoms with van der Waals surface area (Å²) in [5.74, 6) is -0.780. The molecule has 0 bridgehead atoms. The van der Waals surface area contributed by atoms with Crippen molar-refractivity contribution in [3.63, 3.8) is 0 Å². The molecule has 0 radical (unpaired) electrons. The second kappa shape index (κ2) is 11.4. The second-order valence-electron chi connectivity index (χ2n) is 10.1. The van der Waals surface area contributed by atoms with Crippen LogP contribution in [0, 0.1) is 0 Å². The lowest BCUT2D eigenvalue weighted by molar-refractivity contribution is -0.145. The summed E-state index contributed by atoms with van der Waals surface area (Å²) < 4.78 is 5.54. The molecule has 1 fully saturated rings. The Hall–Kier alpha value is -3.36. The Balaban J connectivity index is 1.22. The lowest BCUT2D eigenvalue weighted by Gasteiger charge is -2.29. The first kappa shape index (κ1) is 27.2. The monoisotopic (exact) mass is 569 g/mol. The number of rotatable bonds is 6. The number of halogens is 2. The van der Waals surface area contributed by atoms with Gasteiger partial charge in [-0.05, 0) is 71.4 Å². The van der Waals surface area contributed by atoms with Gasteiger partial charge in [-0.25, -0.2) is 4.79 Å². The normalized spacial score (nSPS) is 18.7. The van der Waals surface area contributed by atoms with E-state index in [-0.39, 0.29) is 49.8 Å². The van der Waals surface area contributed by atoms with Gasteiger partial charge in [0.2, 0.25) is 17.7 Å². The van der Waals surface area contributed by atoms with Gasteiger partial charge in [0.15, 0.2) is 0 Å². The Kier molecular flexibility index (Phi) is 7.96. The fourth-order valence-corrected chi connectivity index (χ4v) is 6.01.